The lowest BCUT2D eigenvalue weighted by Gasteiger charge is -2.40. The van der Waals surface area contributed by atoms with Crippen molar-refractivity contribution in [2.24, 2.45) is 0 Å². The highest BCUT2D eigenvalue weighted by atomic mass is 16.2. The van der Waals surface area contributed by atoms with Crippen molar-refractivity contribution in [1.82, 2.24) is 10.2 Å². The molecule has 0 unspecified atom stereocenters. The zero-order valence-electron chi connectivity index (χ0n) is 13.4. The fraction of sp³-hybridized carbons (Fsp3) is 0.941. The van der Waals surface area contributed by atoms with Gasteiger partial charge in [-0.3, -0.25) is 4.79 Å². The minimum atomic E-state index is 0.0808. The Hall–Kier alpha value is -0.570. The lowest BCUT2D eigenvalue weighted by molar-refractivity contribution is -0.136. The van der Waals surface area contributed by atoms with Crippen LogP contribution in [-0.4, -0.2) is 36.0 Å². The molecule has 116 valence electrons. The first kappa shape index (κ1) is 15.8. The van der Waals surface area contributed by atoms with Crippen LogP contribution in [0.25, 0.3) is 0 Å². The third-order valence-corrected chi connectivity index (χ3v) is 5.51. The van der Waals surface area contributed by atoms with Crippen LogP contribution >= 0.6 is 0 Å². The number of hydrogen-bond acceptors (Lipinski definition) is 2. The van der Waals surface area contributed by atoms with E-state index in [1.54, 1.807) is 0 Å². The quantitative estimate of drug-likeness (QED) is 0.836. The summed E-state index contributed by atoms with van der Waals surface area (Å²) >= 11 is 0. The van der Waals surface area contributed by atoms with Gasteiger partial charge in [-0.2, -0.15) is 0 Å². The predicted molar refractivity (Wildman–Crippen MR) is 83.8 cm³/mol. The third-order valence-electron chi connectivity index (χ3n) is 5.51. The Kier molecular flexibility index (Phi) is 5.88. The lowest BCUT2D eigenvalue weighted by Crippen LogP contribution is -2.51. The number of nitrogens with one attached hydrogen (secondary N) is 1. The number of amides is 1. The summed E-state index contributed by atoms with van der Waals surface area (Å²) in [5, 5.41) is 3.48. The summed E-state index contributed by atoms with van der Waals surface area (Å²) in [4.78, 5) is 15.0. The standard InChI is InChI=1S/C17H32N2O/c1-3-19(15-10-6-4-7-11-15)16(20)14-17(18-2)12-8-5-9-13-17/h15,18H,3-14H2,1-2H3. The molecule has 20 heavy (non-hydrogen) atoms. The largest absolute Gasteiger partial charge is 0.340 e. The summed E-state index contributed by atoms with van der Waals surface area (Å²) in [6.45, 7) is 3.02. The van der Waals surface area contributed by atoms with Crippen LogP contribution in [0.2, 0.25) is 0 Å². The number of nitrogens with zero attached hydrogens (tertiary/aromatic N) is 1. The van der Waals surface area contributed by atoms with E-state index in [2.05, 4.69) is 17.1 Å². The topological polar surface area (TPSA) is 32.3 Å². The number of carbonyl (C=O) groups is 1. The van der Waals surface area contributed by atoms with Crippen molar-refractivity contribution in [3.05, 3.63) is 0 Å². The molecule has 2 saturated carbocycles. The summed E-state index contributed by atoms with van der Waals surface area (Å²) in [7, 11) is 2.04. The van der Waals surface area contributed by atoms with E-state index >= 15 is 0 Å². The first-order valence-electron chi connectivity index (χ1n) is 8.69. The molecule has 1 N–H and O–H groups in total. The molecule has 3 heteroatoms. The Morgan fingerprint density at radius 2 is 1.70 bits per heavy atom. The summed E-state index contributed by atoms with van der Waals surface area (Å²) in [5.74, 6) is 0.385. The van der Waals surface area contributed by atoms with Gasteiger partial charge in [0.1, 0.15) is 0 Å². The minimum absolute atomic E-state index is 0.0808. The van der Waals surface area contributed by atoms with Crippen LogP contribution in [0.15, 0.2) is 0 Å². The second-order valence-electron chi connectivity index (χ2n) is 6.74. The molecule has 0 aromatic carbocycles. The van der Waals surface area contributed by atoms with Crippen molar-refractivity contribution in [2.75, 3.05) is 13.6 Å². The Balaban J connectivity index is 1.96. The van der Waals surface area contributed by atoms with Crippen LogP contribution in [0, 0.1) is 0 Å². The highest BCUT2D eigenvalue weighted by Gasteiger charge is 2.35. The van der Waals surface area contributed by atoms with Crippen LogP contribution in [0.4, 0.5) is 0 Å². The lowest BCUT2D eigenvalue weighted by atomic mass is 9.79. The van der Waals surface area contributed by atoms with E-state index in [1.165, 1.54) is 51.4 Å². The highest BCUT2D eigenvalue weighted by molar-refractivity contribution is 5.77. The monoisotopic (exact) mass is 280 g/mol. The van der Waals surface area contributed by atoms with Gasteiger partial charge in [-0.1, -0.05) is 38.5 Å². The van der Waals surface area contributed by atoms with E-state index in [0.29, 0.717) is 18.4 Å². The van der Waals surface area contributed by atoms with Crippen molar-refractivity contribution in [1.29, 1.82) is 0 Å². The molecule has 0 aromatic rings. The number of carbonyl (C=O) groups excluding carboxylic acids is 1. The molecule has 2 fully saturated rings. The molecule has 0 heterocycles. The number of hydrogen-bond donors (Lipinski definition) is 1. The minimum Gasteiger partial charge on any atom is -0.340 e. The summed E-state index contributed by atoms with van der Waals surface area (Å²) in [6, 6.07) is 0.513. The van der Waals surface area contributed by atoms with Gasteiger partial charge in [0.25, 0.3) is 0 Å². The Bertz CT molecular complexity index is 304. The molecule has 2 aliphatic rings. The molecule has 1 amide bonds. The molecule has 0 atom stereocenters. The van der Waals surface area contributed by atoms with Crippen molar-refractivity contribution in [3.63, 3.8) is 0 Å². The summed E-state index contributed by atoms with van der Waals surface area (Å²) in [6.07, 6.45) is 13.3. The zero-order valence-corrected chi connectivity index (χ0v) is 13.4. The third kappa shape index (κ3) is 3.75. The van der Waals surface area contributed by atoms with E-state index in [1.807, 2.05) is 7.05 Å². The zero-order chi connectivity index (χ0) is 14.4. The SMILES string of the molecule is CCN(C(=O)CC1(NC)CCCCC1)C1CCCCC1. The fourth-order valence-electron chi connectivity index (χ4n) is 4.17. The van der Waals surface area contributed by atoms with Gasteiger partial charge in [-0.15, -0.1) is 0 Å². The molecule has 0 aliphatic heterocycles. The van der Waals surface area contributed by atoms with Crippen LogP contribution in [0.3, 0.4) is 0 Å². The first-order valence-corrected chi connectivity index (χ1v) is 8.69. The average Bonchev–Trinajstić information content (AvgIpc) is 2.50. The normalized spacial score (nSPS) is 23.5. The van der Waals surface area contributed by atoms with Gasteiger partial charge in [-0.25, -0.2) is 0 Å². The first-order chi connectivity index (χ1) is 9.71. The molecular weight excluding hydrogens is 248 g/mol. The molecule has 0 bridgehead atoms. The van der Waals surface area contributed by atoms with Gasteiger partial charge in [-0.05, 0) is 39.7 Å². The molecule has 3 nitrogen and oxygen atoms in total. The molecular formula is C17H32N2O. The maximum Gasteiger partial charge on any atom is 0.224 e. The molecule has 0 aromatic heterocycles. The van der Waals surface area contributed by atoms with Crippen molar-refractivity contribution in [3.8, 4) is 0 Å². The van der Waals surface area contributed by atoms with Gasteiger partial charge in [0.2, 0.25) is 5.91 Å². The molecule has 0 radical (unpaired) electrons. The van der Waals surface area contributed by atoms with Gasteiger partial charge >= 0.3 is 0 Å². The second kappa shape index (κ2) is 7.44. The highest BCUT2D eigenvalue weighted by Crippen LogP contribution is 2.32. The fourth-order valence-corrected chi connectivity index (χ4v) is 4.17. The van der Waals surface area contributed by atoms with E-state index in [9.17, 15) is 4.79 Å². The smallest absolute Gasteiger partial charge is 0.224 e. The van der Waals surface area contributed by atoms with Gasteiger partial charge in [0.05, 0.1) is 0 Å². The van der Waals surface area contributed by atoms with Crippen LogP contribution in [0.5, 0.6) is 0 Å². The van der Waals surface area contributed by atoms with E-state index in [4.69, 9.17) is 0 Å². The summed E-state index contributed by atoms with van der Waals surface area (Å²) < 4.78 is 0. The summed E-state index contributed by atoms with van der Waals surface area (Å²) in [5.41, 5.74) is 0.0808. The van der Waals surface area contributed by atoms with E-state index in [0.717, 1.165) is 19.4 Å². The maximum atomic E-state index is 12.8. The van der Waals surface area contributed by atoms with Crippen LogP contribution < -0.4 is 5.32 Å². The van der Waals surface area contributed by atoms with Crippen molar-refractivity contribution in [2.45, 2.75) is 89.1 Å². The van der Waals surface area contributed by atoms with Gasteiger partial charge in [0.15, 0.2) is 0 Å². The van der Waals surface area contributed by atoms with E-state index < -0.39 is 0 Å². The van der Waals surface area contributed by atoms with E-state index in [-0.39, 0.29) is 5.54 Å². The Morgan fingerprint density at radius 1 is 1.10 bits per heavy atom. The number of rotatable bonds is 5. The Morgan fingerprint density at radius 3 is 2.25 bits per heavy atom. The molecule has 2 rings (SSSR count). The Labute approximate surface area is 124 Å². The maximum absolute atomic E-state index is 12.8. The van der Waals surface area contributed by atoms with Crippen molar-refractivity contribution < 1.29 is 4.79 Å². The predicted octanol–water partition coefficient (Wildman–Crippen LogP) is 3.48. The van der Waals surface area contributed by atoms with Gasteiger partial charge < -0.3 is 10.2 Å². The average molecular weight is 280 g/mol. The van der Waals surface area contributed by atoms with Crippen LogP contribution in [-0.2, 0) is 4.79 Å². The van der Waals surface area contributed by atoms with Crippen molar-refractivity contribution >= 4 is 5.91 Å². The molecule has 0 spiro atoms. The molecule has 2 aliphatic carbocycles. The van der Waals surface area contributed by atoms with Gasteiger partial charge in [0, 0.05) is 24.5 Å². The molecule has 0 saturated heterocycles. The second-order valence-corrected chi connectivity index (χ2v) is 6.74. The van der Waals surface area contributed by atoms with Crippen LogP contribution in [0.1, 0.15) is 77.6 Å².